The van der Waals surface area contributed by atoms with Crippen molar-refractivity contribution in [3.8, 4) is 0 Å². The summed E-state index contributed by atoms with van der Waals surface area (Å²) in [5.74, 6) is -0.413. The highest BCUT2D eigenvalue weighted by atomic mass is 79.9. The maximum atomic E-state index is 12.4. The zero-order chi connectivity index (χ0) is 7.02. The summed E-state index contributed by atoms with van der Waals surface area (Å²) in [6.45, 7) is 1.67. The topological polar surface area (TPSA) is 17.8 Å². The minimum absolute atomic E-state index is 0.413. The third-order valence-electron chi connectivity index (χ3n) is 1.14. The SMILES string of the molecule is Cc1c(F)nn(C)c1Br. The minimum Gasteiger partial charge on any atom is -0.258 e. The number of rotatable bonds is 0. The van der Waals surface area contributed by atoms with Crippen molar-refractivity contribution >= 4 is 15.9 Å². The molecule has 0 aliphatic rings. The van der Waals surface area contributed by atoms with E-state index in [-0.39, 0.29) is 0 Å². The van der Waals surface area contributed by atoms with Gasteiger partial charge in [0.15, 0.2) is 0 Å². The summed E-state index contributed by atoms with van der Waals surface area (Å²) in [5.41, 5.74) is 0.553. The van der Waals surface area contributed by atoms with Crippen LogP contribution in [0.5, 0.6) is 0 Å². The monoisotopic (exact) mass is 192 g/mol. The van der Waals surface area contributed by atoms with E-state index in [4.69, 9.17) is 0 Å². The fourth-order valence-corrected chi connectivity index (χ4v) is 0.821. The zero-order valence-electron chi connectivity index (χ0n) is 5.15. The Morgan fingerprint density at radius 2 is 2.22 bits per heavy atom. The molecule has 0 unspecified atom stereocenters. The van der Waals surface area contributed by atoms with Crippen LogP contribution in [-0.4, -0.2) is 9.78 Å². The summed E-state index contributed by atoms with van der Waals surface area (Å²) < 4.78 is 14.6. The maximum absolute atomic E-state index is 12.4. The third-order valence-corrected chi connectivity index (χ3v) is 2.25. The Hall–Kier alpha value is -0.380. The van der Waals surface area contributed by atoms with Gasteiger partial charge in [0.1, 0.15) is 4.60 Å². The van der Waals surface area contributed by atoms with Crippen molar-refractivity contribution in [1.82, 2.24) is 9.78 Å². The van der Waals surface area contributed by atoms with E-state index in [0.717, 1.165) is 0 Å². The molecule has 0 aliphatic carbocycles. The van der Waals surface area contributed by atoms with E-state index in [1.807, 2.05) is 0 Å². The Morgan fingerprint density at radius 1 is 1.67 bits per heavy atom. The van der Waals surface area contributed by atoms with E-state index in [2.05, 4.69) is 21.0 Å². The molecule has 0 aromatic carbocycles. The summed E-state index contributed by atoms with van der Waals surface area (Å²) in [7, 11) is 1.68. The van der Waals surface area contributed by atoms with Gasteiger partial charge in [-0.1, -0.05) is 0 Å². The molecule has 0 N–H and O–H groups in total. The molecule has 1 aromatic rings. The first kappa shape index (κ1) is 6.74. The van der Waals surface area contributed by atoms with Crippen LogP contribution in [0.3, 0.4) is 0 Å². The molecule has 0 bridgehead atoms. The summed E-state index contributed by atoms with van der Waals surface area (Å²) in [6.07, 6.45) is 0. The van der Waals surface area contributed by atoms with Crippen LogP contribution in [0.1, 0.15) is 5.56 Å². The van der Waals surface area contributed by atoms with Gasteiger partial charge < -0.3 is 0 Å². The predicted octanol–water partition coefficient (Wildman–Crippen LogP) is 1.63. The second kappa shape index (κ2) is 2.10. The number of hydrogen-bond donors (Lipinski definition) is 0. The molecule has 4 heteroatoms. The lowest BCUT2D eigenvalue weighted by Crippen LogP contribution is -1.89. The molecular weight excluding hydrogens is 187 g/mol. The molecular formula is C5H6BrFN2. The molecule has 1 heterocycles. The number of aromatic nitrogens is 2. The summed E-state index contributed by atoms with van der Waals surface area (Å²) in [5, 5.41) is 3.51. The maximum Gasteiger partial charge on any atom is 0.236 e. The molecule has 0 saturated carbocycles. The van der Waals surface area contributed by atoms with Gasteiger partial charge in [-0.05, 0) is 22.9 Å². The Morgan fingerprint density at radius 3 is 2.33 bits per heavy atom. The Balaban J connectivity index is 3.29. The first-order valence-corrected chi connectivity index (χ1v) is 3.27. The molecule has 50 valence electrons. The van der Waals surface area contributed by atoms with Crippen LogP contribution in [0.2, 0.25) is 0 Å². The summed E-state index contributed by atoms with van der Waals surface area (Å²) in [6, 6.07) is 0. The van der Waals surface area contributed by atoms with Gasteiger partial charge in [0.05, 0.1) is 0 Å². The fraction of sp³-hybridized carbons (Fsp3) is 0.400. The molecule has 9 heavy (non-hydrogen) atoms. The van der Waals surface area contributed by atoms with Crippen LogP contribution in [0.15, 0.2) is 4.60 Å². The van der Waals surface area contributed by atoms with Crippen molar-refractivity contribution in [2.75, 3.05) is 0 Å². The lowest BCUT2D eigenvalue weighted by atomic mass is 10.4. The molecule has 0 fully saturated rings. The quantitative estimate of drug-likeness (QED) is 0.612. The van der Waals surface area contributed by atoms with Gasteiger partial charge in [0.25, 0.3) is 0 Å². The molecule has 0 atom stereocenters. The predicted molar refractivity (Wildman–Crippen MR) is 35.6 cm³/mol. The van der Waals surface area contributed by atoms with Gasteiger partial charge in [0, 0.05) is 12.6 Å². The molecule has 0 saturated heterocycles. The van der Waals surface area contributed by atoms with Crippen molar-refractivity contribution in [1.29, 1.82) is 0 Å². The van der Waals surface area contributed by atoms with Gasteiger partial charge in [-0.15, -0.1) is 5.10 Å². The number of halogens is 2. The average molecular weight is 193 g/mol. The Kier molecular flexibility index (Phi) is 1.57. The van der Waals surface area contributed by atoms with E-state index < -0.39 is 5.95 Å². The van der Waals surface area contributed by atoms with Crippen LogP contribution in [0.4, 0.5) is 4.39 Å². The van der Waals surface area contributed by atoms with E-state index in [0.29, 0.717) is 10.2 Å². The summed E-state index contributed by atoms with van der Waals surface area (Å²) in [4.78, 5) is 0. The van der Waals surface area contributed by atoms with E-state index in [1.54, 1.807) is 14.0 Å². The van der Waals surface area contributed by atoms with Gasteiger partial charge in [-0.2, -0.15) is 4.39 Å². The summed E-state index contributed by atoms with van der Waals surface area (Å²) >= 11 is 3.16. The Labute approximate surface area is 60.8 Å². The zero-order valence-corrected chi connectivity index (χ0v) is 6.74. The fourth-order valence-electron chi connectivity index (χ4n) is 0.578. The van der Waals surface area contributed by atoms with Crippen LogP contribution < -0.4 is 0 Å². The van der Waals surface area contributed by atoms with Gasteiger partial charge in [-0.25, -0.2) is 0 Å². The second-order valence-corrected chi connectivity index (χ2v) is 2.58. The van der Waals surface area contributed by atoms with E-state index in [1.165, 1.54) is 4.68 Å². The number of hydrogen-bond acceptors (Lipinski definition) is 1. The smallest absolute Gasteiger partial charge is 0.236 e. The molecule has 0 spiro atoms. The van der Waals surface area contributed by atoms with E-state index in [9.17, 15) is 4.39 Å². The van der Waals surface area contributed by atoms with Crippen molar-refractivity contribution < 1.29 is 4.39 Å². The minimum atomic E-state index is -0.413. The first-order chi connectivity index (χ1) is 4.13. The standard InChI is InChI=1S/C5H6BrFN2/c1-3-4(6)9(2)8-5(3)7/h1-2H3. The largest absolute Gasteiger partial charge is 0.258 e. The highest BCUT2D eigenvalue weighted by molar-refractivity contribution is 9.10. The third kappa shape index (κ3) is 0.986. The Bertz CT molecular complexity index is 209. The van der Waals surface area contributed by atoms with Crippen LogP contribution in [-0.2, 0) is 7.05 Å². The van der Waals surface area contributed by atoms with Crippen molar-refractivity contribution in [2.45, 2.75) is 6.92 Å². The molecule has 0 radical (unpaired) electrons. The molecule has 1 rings (SSSR count). The highest BCUT2D eigenvalue weighted by Crippen LogP contribution is 2.16. The van der Waals surface area contributed by atoms with Gasteiger partial charge in [-0.3, -0.25) is 4.68 Å². The van der Waals surface area contributed by atoms with Crippen LogP contribution in [0, 0.1) is 12.9 Å². The van der Waals surface area contributed by atoms with Crippen molar-refractivity contribution in [2.24, 2.45) is 7.05 Å². The van der Waals surface area contributed by atoms with Crippen molar-refractivity contribution in [3.63, 3.8) is 0 Å². The molecule has 1 aromatic heterocycles. The van der Waals surface area contributed by atoms with Gasteiger partial charge in [0.2, 0.25) is 5.95 Å². The molecule has 0 amide bonds. The van der Waals surface area contributed by atoms with E-state index >= 15 is 0 Å². The highest BCUT2D eigenvalue weighted by Gasteiger charge is 2.07. The first-order valence-electron chi connectivity index (χ1n) is 2.47. The van der Waals surface area contributed by atoms with Gasteiger partial charge >= 0.3 is 0 Å². The normalized spacial score (nSPS) is 10.2. The second-order valence-electron chi connectivity index (χ2n) is 1.83. The number of aryl methyl sites for hydroxylation is 1. The number of nitrogens with zero attached hydrogens (tertiary/aromatic N) is 2. The van der Waals surface area contributed by atoms with Crippen LogP contribution >= 0.6 is 15.9 Å². The van der Waals surface area contributed by atoms with Crippen LogP contribution in [0.25, 0.3) is 0 Å². The lowest BCUT2D eigenvalue weighted by molar-refractivity contribution is 0.548. The lowest BCUT2D eigenvalue weighted by Gasteiger charge is -1.87. The van der Waals surface area contributed by atoms with Crippen molar-refractivity contribution in [3.05, 3.63) is 16.1 Å². The molecule has 0 aliphatic heterocycles. The molecule has 2 nitrogen and oxygen atoms in total. The average Bonchev–Trinajstić information content (AvgIpc) is 1.98.